The zero-order chi connectivity index (χ0) is 18.3. The minimum atomic E-state index is -0.995. The van der Waals surface area contributed by atoms with Crippen molar-refractivity contribution >= 4 is 33.1 Å². The van der Waals surface area contributed by atoms with Crippen LogP contribution in [0.15, 0.2) is 16.6 Å². The number of amides is 1. The van der Waals surface area contributed by atoms with Crippen LogP contribution in [0.2, 0.25) is 0 Å². The van der Waals surface area contributed by atoms with E-state index in [4.69, 9.17) is 9.84 Å². The number of carboxylic acid groups (broad SMARTS) is 1. The van der Waals surface area contributed by atoms with Gasteiger partial charge in [-0.1, -0.05) is 5.21 Å². The van der Waals surface area contributed by atoms with E-state index in [0.717, 1.165) is 22.1 Å². The van der Waals surface area contributed by atoms with Crippen LogP contribution < -0.4 is 4.74 Å². The quantitative estimate of drug-likeness (QED) is 0.763. The highest BCUT2D eigenvalue weighted by molar-refractivity contribution is 9.10. The Kier molecular flexibility index (Phi) is 4.74. The Morgan fingerprint density at radius 2 is 2.15 bits per heavy atom. The van der Waals surface area contributed by atoms with Crippen molar-refractivity contribution in [1.29, 1.82) is 0 Å². The molecule has 2 aliphatic rings. The molecule has 2 N–H and O–H groups in total. The fourth-order valence-electron chi connectivity index (χ4n) is 3.32. The molecule has 9 heteroatoms. The molecule has 1 aliphatic heterocycles. The van der Waals surface area contributed by atoms with E-state index < -0.39 is 12.2 Å². The van der Waals surface area contributed by atoms with E-state index in [0.29, 0.717) is 31.2 Å². The molecule has 1 aromatic carbocycles. The monoisotopic (exact) mass is 424 g/mol. The van der Waals surface area contributed by atoms with E-state index in [1.54, 1.807) is 0 Å². The van der Waals surface area contributed by atoms with Crippen LogP contribution in [0.25, 0.3) is 11.0 Å². The van der Waals surface area contributed by atoms with E-state index in [1.165, 1.54) is 17.7 Å². The fraction of sp³-hybridized carbons (Fsp3) is 0.588. The van der Waals surface area contributed by atoms with Crippen LogP contribution >= 0.6 is 15.9 Å². The summed E-state index contributed by atoms with van der Waals surface area (Å²) in [6.07, 6.45) is 1.37. The second-order valence-electron chi connectivity index (χ2n) is 7.12. The van der Waals surface area contributed by atoms with Crippen molar-refractivity contribution in [3.05, 3.63) is 16.6 Å². The lowest BCUT2D eigenvalue weighted by Crippen LogP contribution is -2.47. The molecule has 1 saturated carbocycles. The lowest BCUT2D eigenvalue weighted by Gasteiger charge is -2.34. The van der Waals surface area contributed by atoms with Crippen LogP contribution in [0.3, 0.4) is 0 Å². The van der Waals surface area contributed by atoms with Gasteiger partial charge in [0.1, 0.15) is 11.3 Å². The van der Waals surface area contributed by atoms with Crippen LogP contribution in [0.1, 0.15) is 19.3 Å². The number of β-amino-alcohol motifs (C(OH)–C–C–N with tert-alkyl or cyclic N) is 1. The smallest absolute Gasteiger partial charge is 0.407 e. The van der Waals surface area contributed by atoms with Gasteiger partial charge in [-0.15, -0.1) is 5.10 Å². The van der Waals surface area contributed by atoms with Gasteiger partial charge in [-0.25, -0.2) is 9.48 Å². The summed E-state index contributed by atoms with van der Waals surface area (Å²) in [5.41, 5.74) is 1.75. The first-order chi connectivity index (χ1) is 12.5. The number of hydrogen-bond acceptors (Lipinski definition) is 5. The van der Waals surface area contributed by atoms with Gasteiger partial charge in [-0.05, 0) is 53.2 Å². The summed E-state index contributed by atoms with van der Waals surface area (Å²) >= 11 is 3.56. The minimum absolute atomic E-state index is 0.0984. The number of hydrogen-bond donors (Lipinski definition) is 2. The maximum atomic E-state index is 11.0. The first-order valence-electron chi connectivity index (χ1n) is 8.83. The summed E-state index contributed by atoms with van der Waals surface area (Å²) in [6.45, 7) is 1.77. The first kappa shape index (κ1) is 17.5. The first-order valence-corrected chi connectivity index (χ1v) is 9.62. The molecule has 1 aromatic heterocycles. The molecule has 2 aromatic rings. The molecule has 0 unspecified atom stereocenters. The summed E-state index contributed by atoms with van der Waals surface area (Å²) in [4.78, 5) is 12.2. The number of halogens is 1. The van der Waals surface area contributed by atoms with Gasteiger partial charge in [-0.2, -0.15) is 0 Å². The number of ether oxygens (including phenoxy) is 1. The molecule has 1 saturated heterocycles. The molecule has 140 valence electrons. The molecule has 2 fully saturated rings. The van der Waals surface area contributed by atoms with E-state index in [1.807, 2.05) is 16.8 Å². The van der Waals surface area contributed by atoms with Gasteiger partial charge in [0.05, 0.1) is 29.2 Å². The van der Waals surface area contributed by atoms with Crippen LogP contribution in [-0.4, -0.2) is 62.0 Å². The number of carbonyl (C=O) groups is 1. The predicted molar refractivity (Wildman–Crippen MR) is 97.2 cm³/mol. The zero-order valence-electron chi connectivity index (χ0n) is 14.2. The second kappa shape index (κ2) is 7.03. The normalized spacial score (nSPS) is 23.4. The highest BCUT2D eigenvalue weighted by Crippen LogP contribution is 2.35. The number of aromatic nitrogens is 3. The maximum absolute atomic E-state index is 11.0. The Morgan fingerprint density at radius 3 is 2.85 bits per heavy atom. The van der Waals surface area contributed by atoms with Gasteiger partial charge in [0, 0.05) is 19.0 Å². The Hall–Kier alpha value is -1.87. The average molecular weight is 425 g/mol. The standard InChI is InChI=1S/C17H21BrN4O4/c18-15-14(26-9-11-5-6-21(17(24)25)8-13(11)23)4-3-12-16(15)19-20-22(12)7-10-1-2-10/h3-4,10-11,13,23H,1-2,5-9H2,(H,24,25)/t11-,13+/m1/s1. The van der Waals surface area contributed by atoms with Gasteiger partial charge in [-0.3, -0.25) is 0 Å². The topological polar surface area (TPSA) is 101 Å². The number of piperidine rings is 1. The highest BCUT2D eigenvalue weighted by Gasteiger charge is 2.31. The summed E-state index contributed by atoms with van der Waals surface area (Å²) in [7, 11) is 0. The zero-order valence-corrected chi connectivity index (χ0v) is 15.8. The van der Waals surface area contributed by atoms with Crippen LogP contribution in [0.5, 0.6) is 5.75 Å². The highest BCUT2D eigenvalue weighted by atomic mass is 79.9. The van der Waals surface area contributed by atoms with Crippen LogP contribution in [0.4, 0.5) is 4.79 Å². The summed E-state index contributed by atoms with van der Waals surface area (Å²) in [5.74, 6) is 1.27. The number of rotatable bonds is 5. The van der Waals surface area contributed by atoms with Gasteiger partial charge in [0.15, 0.2) is 0 Å². The molecule has 1 aliphatic carbocycles. The summed E-state index contributed by atoms with van der Waals surface area (Å²) in [6, 6.07) is 3.85. The number of aliphatic hydroxyl groups excluding tert-OH is 1. The molecule has 1 amide bonds. The molecule has 0 radical (unpaired) electrons. The predicted octanol–water partition coefficient (Wildman–Crippen LogP) is 2.34. The second-order valence-corrected chi connectivity index (χ2v) is 7.91. The van der Waals surface area contributed by atoms with Gasteiger partial charge >= 0.3 is 6.09 Å². The van der Waals surface area contributed by atoms with Gasteiger partial charge in [0.25, 0.3) is 0 Å². The largest absolute Gasteiger partial charge is 0.492 e. The molecule has 0 bridgehead atoms. The minimum Gasteiger partial charge on any atom is -0.492 e. The molecule has 2 heterocycles. The maximum Gasteiger partial charge on any atom is 0.407 e. The Bertz CT molecular complexity index is 822. The van der Waals surface area contributed by atoms with Crippen molar-refractivity contribution in [2.75, 3.05) is 19.7 Å². The molecular formula is C17H21BrN4O4. The molecule has 8 nitrogen and oxygen atoms in total. The molecule has 4 rings (SSSR count). The lowest BCUT2D eigenvalue weighted by atomic mass is 9.95. The van der Waals surface area contributed by atoms with Gasteiger partial charge < -0.3 is 19.8 Å². The van der Waals surface area contributed by atoms with Crippen molar-refractivity contribution in [3.63, 3.8) is 0 Å². The van der Waals surface area contributed by atoms with Crippen molar-refractivity contribution in [2.24, 2.45) is 11.8 Å². The third-order valence-electron chi connectivity index (χ3n) is 5.16. The Labute approximate surface area is 158 Å². The number of aliphatic hydroxyl groups is 1. The fourth-order valence-corrected chi connectivity index (χ4v) is 3.85. The average Bonchev–Trinajstić information content (AvgIpc) is 3.34. The lowest BCUT2D eigenvalue weighted by molar-refractivity contribution is 0.00677. The summed E-state index contributed by atoms with van der Waals surface area (Å²) in [5, 5.41) is 27.7. The van der Waals surface area contributed by atoms with Gasteiger partial charge in [0.2, 0.25) is 0 Å². The third kappa shape index (κ3) is 3.50. The number of nitrogens with zero attached hydrogens (tertiary/aromatic N) is 4. The molecular weight excluding hydrogens is 404 g/mol. The Balaban J connectivity index is 1.42. The molecule has 26 heavy (non-hydrogen) atoms. The molecule has 0 spiro atoms. The van der Waals surface area contributed by atoms with Crippen LogP contribution in [-0.2, 0) is 6.54 Å². The number of likely N-dealkylation sites (tertiary alicyclic amines) is 1. The van der Waals surface area contributed by atoms with Crippen LogP contribution in [0, 0.1) is 11.8 Å². The summed E-state index contributed by atoms with van der Waals surface area (Å²) < 4.78 is 8.60. The van der Waals surface area contributed by atoms with Crippen molar-refractivity contribution < 1.29 is 19.7 Å². The molecule has 2 atom stereocenters. The number of benzene rings is 1. The van der Waals surface area contributed by atoms with Crippen molar-refractivity contribution in [2.45, 2.75) is 31.9 Å². The van der Waals surface area contributed by atoms with Crippen molar-refractivity contribution in [1.82, 2.24) is 19.9 Å². The number of fused-ring (bicyclic) bond motifs is 1. The van der Waals surface area contributed by atoms with E-state index in [9.17, 15) is 9.90 Å². The van der Waals surface area contributed by atoms with E-state index in [2.05, 4.69) is 26.2 Å². The van der Waals surface area contributed by atoms with Crippen molar-refractivity contribution in [3.8, 4) is 5.75 Å². The Morgan fingerprint density at radius 1 is 1.35 bits per heavy atom. The third-order valence-corrected chi connectivity index (χ3v) is 5.93. The van der Waals surface area contributed by atoms with E-state index >= 15 is 0 Å². The van der Waals surface area contributed by atoms with E-state index in [-0.39, 0.29) is 12.5 Å². The SMILES string of the molecule is O=C(O)N1CC[C@H](COc2ccc3c(nnn3CC3CC3)c2Br)[C@@H](O)C1.